The third-order valence-electron chi connectivity index (χ3n) is 1.65. The fraction of sp³-hybridized carbons (Fsp3) is 0.300. The second-order valence-electron chi connectivity index (χ2n) is 2.89. The summed E-state index contributed by atoms with van der Waals surface area (Å²) in [5, 5.41) is 3.13. The lowest BCUT2D eigenvalue weighted by atomic mass is 10.2. The standard InChI is InChI=1S/C10H13N3/c1-3-5-8(2)13-10-9(11)6-4-7-12-10/h1,4,6-8H,5,11H2,2H3,(H,12,13). The maximum atomic E-state index is 5.69. The zero-order chi connectivity index (χ0) is 9.68. The van der Waals surface area contributed by atoms with E-state index in [-0.39, 0.29) is 6.04 Å². The first-order valence-corrected chi connectivity index (χ1v) is 4.14. The van der Waals surface area contributed by atoms with Crippen molar-refractivity contribution in [2.45, 2.75) is 19.4 Å². The van der Waals surface area contributed by atoms with Gasteiger partial charge < -0.3 is 11.1 Å². The number of nitrogens with zero attached hydrogens (tertiary/aromatic N) is 1. The van der Waals surface area contributed by atoms with Crippen LogP contribution in [0.1, 0.15) is 13.3 Å². The van der Waals surface area contributed by atoms with Gasteiger partial charge in [-0.3, -0.25) is 0 Å². The molecular formula is C10H13N3. The number of aromatic nitrogens is 1. The second-order valence-corrected chi connectivity index (χ2v) is 2.89. The molecule has 0 saturated heterocycles. The van der Waals surface area contributed by atoms with Crippen molar-refractivity contribution in [3.8, 4) is 12.3 Å². The van der Waals surface area contributed by atoms with Gasteiger partial charge in [-0.05, 0) is 19.1 Å². The lowest BCUT2D eigenvalue weighted by Gasteiger charge is -2.12. The summed E-state index contributed by atoms with van der Waals surface area (Å²) in [7, 11) is 0. The molecule has 68 valence electrons. The van der Waals surface area contributed by atoms with Crippen LogP contribution in [0.3, 0.4) is 0 Å². The fourth-order valence-electron chi connectivity index (χ4n) is 1.000. The monoisotopic (exact) mass is 175 g/mol. The highest BCUT2D eigenvalue weighted by Gasteiger charge is 2.02. The highest BCUT2D eigenvalue weighted by atomic mass is 15.0. The minimum atomic E-state index is 0.196. The molecule has 0 spiro atoms. The fourth-order valence-corrected chi connectivity index (χ4v) is 1.000. The first-order valence-electron chi connectivity index (χ1n) is 4.14. The molecule has 0 saturated carbocycles. The second kappa shape index (κ2) is 4.36. The lowest BCUT2D eigenvalue weighted by Crippen LogP contribution is -2.16. The van der Waals surface area contributed by atoms with E-state index >= 15 is 0 Å². The average molecular weight is 175 g/mol. The van der Waals surface area contributed by atoms with Gasteiger partial charge in [-0.25, -0.2) is 4.98 Å². The Bertz CT molecular complexity index is 314. The first-order chi connectivity index (χ1) is 6.24. The van der Waals surface area contributed by atoms with E-state index in [9.17, 15) is 0 Å². The van der Waals surface area contributed by atoms with Crippen LogP contribution < -0.4 is 11.1 Å². The number of rotatable bonds is 3. The third-order valence-corrected chi connectivity index (χ3v) is 1.65. The predicted molar refractivity (Wildman–Crippen MR) is 55.2 cm³/mol. The Morgan fingerprint density at radius 2 is 2.54 bits per heavy atom. The van der Waals surface area contributed by atoms with Gasteiger partial charge >= 0.3 is 0 Å². The first kappa shape index (κ1) is 9.40. The maximum Gasteiger partial charge on any atom is 0.149 e. The lowest BCUT2D eigenvalue weighted by molar-refractivity contribution is 0.822. The summed E-state index contributed by atoms with van der Waals surface area (Å²) in [5.41, 5.74) is 6.33. The number of terminal acetylenes is 1. The van der Waals surface area contributed by atoms with Gasteiger partial charge in [-0.1, -0.05) is 0 Å². The van der Waals surface area contributed by atoms with Gasteiger partial charge in [0.2, 0.25) is 0 Å². The molecule has 3 N–H and O–H groups in total. The Hall–Kier alpha value is -1.69. The van der Waals surface area contributed by atoms with Gasteiger partial charge in [-0.2, -0.15) is 0 Å². The van der Waals surface area contributed by atoms with Gasteiger partial charge in [0, 0.05) is 18.7 Å². The Morgan fingerprint density at radius 3 is 3.15 bits per heavy atom. The van der Waals surface area contributed by atoms with E-state index < -0.39 is 0 Å². The number of pyridine rings is 1. The molecule has 0 aliphatic heterocycles. The highest BCUT2D eigenvalue weighted by molar-refractivity contribution is 5.60. The van der Waals surface area contributed by atoms with Crippen LogP contribution in [0.25, 0.3) is 0 Å². The molecule has 1 aromatic heterocycles. The normalized spacial score (nSPS) is 11.7. The number of anilines is 2. The van der Waals surface area contributed by atoms with Crippen molar-refractivity contribution < 1.29 is 0 Å². The summed E-state index contributed by atoms with van der Waals surface area (Å²) in [5.74, 6) is 3.28. The molecule has 3 nitrogen and oxygen atoms in total. The molecule has 3 heteroatoms. The Labute approximate surface area is 78.4 Å². The summed E-state index contributed by atoms with van der Waals surface area (Å²) < 4.78 is 0. The average Bonchev–Trinajstić information content (AvgIpc) is 2.09. The summed E-state index contributed by atoms with van der Waals surface area (Å²) in [4.78, 5) is 4.10. The quantitative estimate of drug-likeness (QED) is 0.684. The van der Waals surface area contributed by atoms with E-state index in [4.69, 9.17) is 12.2 Å². The van der Waals surface area contributed by atoms with E-state index in [0.717, 1.165) is 0 Å². The summed E-state index contributed by atoms with van der Waals surface area (Å²) in [6, 6.07) is 3.80. The van der Waals surface area contributed by atoms with Gasteiger partial charge in [0.25, 0.3) is 0 Å². The van der Waals surface area contributed by atoms with Crippen LogP contribution in [0.2, 0.25) is 0 Å². The van der Waals surface area contributed by atoms with Gasteiger partial charge in [-0.15, -0.1) is 12.3 Å². The van der Waals surface area contributed by atoms with E-state index in [1.807, 2.05) is 6.92 Å². The third kappa shape index (κ3) is 2.68. The van der Waals surface area contributed by atoms with E-state index in [2.05, 4.69) is 16.2 Å². The molecule has 13 heavy (non-hydrogen) atoms. The Balaban J connectivity index is 2.64. The van der Waals surface area contributed by atoms with Crippen molar-refractivity contribution in [1.29, 1.82) is 0 Å². The number of nitrogens with two attached hydrogens (primary N) is 1. The summed E-state index contributed by atoms with van der Waals surface area (Å²) >= 11 is 0. The zero-order valence-corrected chi connectivity index (χ0v) is 7.62. The van der Waals surface area contributed by atoms with E-state index in [1.165, 1.54) is 0 Å². The largest absolute Gasteiger partial charge is 0.396 e. The van der Waals surface area contributed by atoms with Crippen LogP contribution in [0, 0.1) is 12.3 Å². The minimum Gasteiger partial charge on any atom is -0.396 e. The van der Waals surface area contributed by atoms with Gasteiger partial charge in [0.1, 0.15) is 5.82 Å². The maximum absolute atomic E-state index is 5.69. The smallest absolute Gasteiger partial charge is 0.149 e. The van der Waals surface area contributed by atoms with Crippen molar-refractivity contribution in [1.82, 2.24) is 4.98 Å². The van der Waals surface area contributed by atoms with Crippen molar-refractivity contribution in [2.24, 2.45) is 0 Å². The topological polar surface area (TPSA) is 50.9 Å². The molecule has 1 heterocycles. The van der Waals surface area contributed by atoms with Crippen LogP contribution in [-0.4, -0.2) is 11.0 Å². The molecule has 0 aliphatic rings. The summed E-state index contributed by atoms with van der Waals surface area (Å²) in [6.45, 7) is 1.99. The van der Waals surface area contributed by atoms with E-state index in [1.54, 1.807) is 18.3 Å². The zero-order valence-electron chi connectivity index (χ0n) is 7.62. The molecule has 1 rings (SSSR count). The van der Waals surface area contributed by atoms with Crippen molar-refractivity contribution in [2.75, 3.05) is 11.1 Å². The minimum absolute atomic E-state index is 0.196. The molecule has 0 fully saturated rings. The molecule has 0 amide bonds. The Morgan fingerprint density at radius 1 is 1.77 bits per heavy atom. The van der Waals surface area contributed by atoms with E-state index in [0.29, 0.717) is 17.9 Å². The highest BCUT2D eigenvalue weighted by Crippen LogP contribution is 2.14. The molecule has 1 atom stereocenters. The SMILES string of the molecule is C#CCC(C)Nc1ncccc1N. The molecule has 0 aliphatic carbocycles. The number of hydrogen-bond donors (Lipinski definition) is 2. The molecular weight excluding hydrogens is 162 g/mol. The number of nitrogens with one attached hydrogen (secondary N) is 1. The molecule has 0 aromatic carbocycles. The van der Waals surface area contributed by atoms with Crippen LogP contribution in [0.5, 0.6) is 0 Å². The molecule has 0 radical (unpaired) electrons. The van der Waals surface area contributed by atoms with Crippen LogP contribution in [0.15, 0.2) is 18.3 Å². The number of nitrogen functional groups attached to an aromatic ring is 1. The van der Waals surface area contributed by atoms with Crippen LogP contribution >= 0.6 is 0 Å². The molecule has 1 unspecified atom stereocenters. The summed E-state index contributed by atoms with van der Waals surface area (Å²) in [6.07, 6.45) is 7.54. The van der Waals surface area contributed by atoms with Crippen molar-refractivity contribution >= 4 is 11.5 Å². The molecule has 0 bridgehead atoms. The van der Waals surface area contributed by atoms with Crippen molar-refractivity contribution in [3.05, 3.63) is 18.3 Å². The van der Waals surface area contributed by atoms with Crippen molar-refractivity contribution in [3.63, 3.8) is 0 Å². The van der Waals surface area contributed by atoms with Crippen LogP contribution in [-0.2, 0) is 0 Å². The Kier molecular flexibility index (Phi) is 3.15. The van der Waals surface area contributed by atoms with Gasteiger partial charge in [0.05, 0.1) is 5.69 Å². The number of hydrogen-bond acceptors (Lipinski definition) is 3. The van der Waals surface area contributed by atoms with Crippen LogP contribution in [0.4, 0.5) is 11.5 Å². The van der Waals surface area contributed by atoms with Gasteiger partial charge in [0.15, 0.2) is 0 Å². The predicted octanol–water partition coefficient (Wildman–Crippen LogP) is 1.49. The molecule has 1 aromatic rings.